The minimum Gasteiger partial charge on any atom is -0.317 e. The topological polar surface area (TPSA) is 18.5 Å². The molecule has 0 aliphatic heterocycles. The predicted octanol–water partition coefficient (Wildman–Crippen LogP) is 2.61. The van der Waals surface area contributed by atoms with Crippen molar-refractivity contribution in [1.82, 2.24) is 15.1 Å². The number of hydrogen-bond acceptors (Lipinski definition) is 3. The molecule has 0 saturated carbocycles. The van der Waals surface area contributed by atoms with Crippen molar-refractivity contribution >= 4 is 0 Å². The van der Waals surface area contributed by atoms with E-state index in [4.69, 9.17) is 0 Å². The van der Waals surface area contributed by atoms with E-state index in [9.17, 15) is 0 Å². The highest BCUT2D eigenvalue weighted by molar-refractivity contribution is 5.27. The maximum absolute atomic E-state index is 3.42. The SMILES string of the molecule is CCCN(CCN(C)C)Cc1ccccc1CCNCC. The molecule has 0 aliphatic carbocycles. The molecule has 1 aromatic carbocycles. The van der Waals surface area contributed by atoms with Gasteiger partial charge in [0.2, 0.25) is 0 Å². The average molecular weight is 291 g/mol. The number of nitrogens with one attached hydrogen (secondary N) is 1. The Bertz CT molecular complexity index is 376. The summed E-state index contributed by atoms with van der Waals surface area (Å²) in [5.74, 6) is 0. The summed E-state index contributed by atoms with van der Waals surface area (Å²) in [5, 5.41) is 3.42. The van der Waals surface area contributed by atoms with Crippen LogP contribution in [0.25, 0.3) is 0 Å². The van der Waals surface area contributed by atoms with E-state index in [1.165, 1.54) is 24.1 Å². The quantitative estimate of drug-likeness (QED) is 0.632. The molecule has 0 aliphatic rings. The van der Waals surface area contributed by atoms with E-state index in [2.05, 4.69) is 67.3 Å². The lowest BCUT2D eigenvalue weighted by Gasteiger charge is -2.25. The fourth-order valence-corrected chi connectivity index (χ4v) is 2.52. The summed E-state index contributed by atoms with van der Waals surface area (Å²) in [6.45, 7) is 11.1. The number of nitrogens with zero attached hydrogens (tertiary/aromatic N) is 2. The normalized spacial score (nSPS) is 11.5. The van der Waals surface area contributed by atoms with Crippen molar-refractivity contribution < 1.29 is 0 Å². The molecule has 0 aromatic heterocycles. The van der Waals surface area contributed by atoms with E-state index in [1.54, 1.807) is 0 Å². The number of hydrogen-bond donors (Lipinski definition) is 1. The molecule has 1 aromatic rings. The van der Waals surface area contributed by atoms with Crippen molar-refractivity contribution in [3.8, 4) is 0 Å². The van der Waals surface area contributed by atoms with Crippen molar-refractivity contribution in [3.05, 3.63) is 35.4 Å². The van der Waals surface area contributed by atoms with E-state index < -0.39 is 0 Å². The molecule has 3 nitrogen and oxygen atoms in total. The van der Waals surface area contributed by atoms with Crippen LogP contribution in [-0.2, 0) is 13.0 Å². The molecule has 0 unspecified atom stereocenters. The predicted molar refractivity (Wildman–Crippen MR) is 92.8 cm³/mol. The molecule has 0 atom stereocenters. The molecule has 3 heteroatoms. The Morgan fingerprint density at radius 3 is 2.29 bits per heavy atom. The van der Waals surface area contributed by atoms with Gasteiger partial charge in [0.1, 0.15) is 0 Å². The zero-order valence-electron chi connectivity index (χ0n) is 14.4. The Hall–Kier alpha value is -0.900. The van der Waals surface area contributed by atoms with Crippen LogP contribution in [0.5, 0.6) is 0 Å². The molecular weight excluding hydrogens is 258 g/mol. The van der Waals surface area contributed by atoms with Gasteiger partial charge < -0.3 is 10.2 Å². The summed E-state index contributed by atoms with van der Waals surface area (Å²) in [4.78, 5) is 4.84. The molecule has 0 heterocycles. The van der Waals surface area contributed by atoms with Crippen molar-refractivity contribution in [2.24, 2.45) is 0 Å². The second kappa shape index (κ2) is 10.8. The van der Waals surface area contributed by atoms with E-state index in [0.29, 0.717) is 0 Å². The molecule has 1 rings (SSSR count). The van der Waals surface area contributed by atoms with Crippen LogP contribution in [0.15, 0.2) is 24.3 Å². The maximum Gasteiger partial charge on any atom is 0.0237 e. The first-order valence-electron chi connectivity index (χ1n) is 8.32. The van der Waals surface area contributed by atoms with Gasteiger partial charge in [-0.1, -0.05) is 38.1 Å². The van der Waals surface area contributed by atoms with Gasteiger partial charge in [0.25, 0.3) is 0 Å². The summed E-state index contributed by atoms with van der Waals surface area (Å²) in [6, 6.07) is 8.90. The second-order valence-corrected chi connectivity index (χ2v) is 5.95. The van der Waals surface area contributed by atoms with Gasteiger partial charge >= 0.3 is 0 Å². The highest BCUT2D eigenvalue weighted by Gasteiger charge is 2.08. The fourth-order valence-electron chi connectivity index (χ4n) is 2.52. The second-order valence-electron chi connectivity index (χ2n) is 5.95. The first-order valence-corrected chi connectivity index (χ1v) is 8.32. The third kappa shape index (κ3) is 7.60. The van der Waals surface area contributed by atoms with Gasteiger partial charge in [-0.15, -0.1) is 0 Å². The zero-order valence-corrected chi connectivity index (χ0v) is 14.4. The van der Waals surface area contributed by atoms with Gasteiger partial charge in [0.05, 0.1) is 0 Å². The number of rotatable bonds is 11. The van der Waals surface area contributed by atoms with E-state index in [-0.39, 0.29) is 0 Å². The third-order valence-electron chi connectivity index (χ3n) is 3.74. The summed E-state index contributed by atoms with van der Waals surface area (Å²) in [7, 11) is 4.29. The van der Waals surface area contributed by atoms with E-state index in [1.807, 2.05) is 0 Å². The molecule has 0 fully saturated rings. The third-order valence-corrected chi connectivity index (χ3v) is 3.74. The fraction of sp³-hybridized carbons (Fsp3) is 0.667. The summed E-state index contributed by atoms with van der Waals surface area (Å²) in [5.41, 5.74) is 2.98. The van der Waals surface area contributed by atoms with Crippen LogP contribution in [0.1, 0.15) is 31.4 Å². The first-order chi connectivity index (χ1) is 10.2. The standard InChI is InChI=1S/C18H33N3/c1-5-13-21(15-14-20(3)4)16-18-10-8-7-9-17(18)11-12-19-6-2/h7-10,19H,5-6,11-16H2,1-4H3. The average Bonchev–Trinajstić information content (AvgIpc) is 2.47. The molecule has 0 radical (unpaired) electrons. The van der Waals surface area contributed by atoms with Crippen LogP contribution in [0.3, 0.4) is 0 Å². The lowest BCUT2D eigenvalue weighted by Crippen LogP contribution is -2.32. The molecule has 0 saturated heterocycles. The first kappa shape index (κ1) is 18.1. The Labute approximate surface area is 131 Å². The number of benzene rings is 1. The van der Waals surface area contributed by atoms with Gasteiger partial charge in [-0.25, -0.2) is 0 Å². The lowest BCUT2D eigenvalue weighted by atomic mass is 10.0. The molecular formula is C18H33N3. The summed E-state index contributed by atoms with van der Waals surface area (Å²) >= 11 is 0. The zero-order chi connectivity index (χ0) is 15.5. The minimum absolute atomic E-state index is 1.05. The highest BCUT2D eigenvalue weighted by Crippen LogP contribution is 2.12. The van der Waals surface area contributed by atoms with Crippen LogP contribution in [0, 0.1) is 0 Å². The lowest BCUT2D eigenvalue weighted by molar-refractivity contribution is 0.233. The monoisotopic (exact) mass is 291 g/mol. The van der Waals surface area contributed by atoms with E-state index in [0.717, 1.165) is 39.1 Å². The van der Waals surface area contributed by atoms with Crippen LogP contribution in [-0.4, -0.2) is 56.6 Å². The Kier molecular flexibility index (Phi) is 9.31. The minimum atomic E-state index is 1.05. The molecule has 21 heavy (non-hydrogen) atoms. The van der Waals surface area contributed by atoms with Crippen molar-refractivity contribution in [2.45, 2.75) is 33.2 Å². The van der Waals surface area contributed by atoms with Gasteiger partial charge in [0, 0.05) is 19.6 Å². The van der Waals surface area contributed by atoms with Gasteiger partial charge in [-0.3, -0.25) is 4.90 Å². The smallest absolute Gasteiger partial charge is 0.0237 e. The van der Waals surface area contributed by atoms with Gasteiger partial charge in [-0.05, 0) is 57.7 Å². The van der Waals surface area contributed by atoms with E-state index >= 15 is 0 Å². The maximum atomic E-state index is 3.42. The van der Waals surface area contributed by atoms with Crippen molar-refractivity contribution in [1.29, 1.82) is 0 Å². The molecule has 0 bridgehead atoms. The molecule has 1 N–H and O–H groups in total. The molecule has 0 spiro atoms. The summed E-state index contributed by atoms with van der Waals surface area (Å²) in [6.07, 6.45) is 2.34. The van der Waals surface area contributed by atoms with Gasteiger partial charge in [-0.2, -0.15) is 0 Å². The Morgan fingerprint density at radius 2 is 1.67 bits per heavy atom. The van der Waals surface area contributed by atoms with Crippen LogP contribution in [0.2, 0.25) is 0 Å². The number of likely N-dealkylation sites (N-methyl/N-ethyl adjacent to an activating group) is 2. The van der Waals surface area contributed by atoms with Crippen molar-refractivity contribution in [2.75, 3.05) is 46.8 Å². The van der Waals surface area contributed by atoms with Crippen LogP contribution in [0.4, 0.5) is 0 Å². The largest absolute Gasteiger partial charge is 0.317 e. The molecule has 0 amide bonds. The molecule has 120 valence electrons. The highest BCUT2D eigenvalue weighted by atomic mass is 15.2. The van der Waals surface area contributed by atoms with Crippen molar-refractivity contribution in [3.63, 3.8) is 0 Å². The summed E-state index contributed by atoms with van der Waals surface area (Å²) < 4.78 is 0. The van der Waals surface area contributed by atoms with Gasteiger partial charge in [0.15, 0.2) is 0 Å². The van der Waals surface area contributed by atoms with Crippen LogP contribution < -0.4 is 5.32 Å². The van der Waals surface area contributed by atoms with Crippen LogP contribution >= 0.6 is 0 Å². The Morgan fingerprint density at radius 1 is 0.952 bits per heavy atom. The Balaban J connectivity index is 2.63.